The predicted octanol–water partition coefficient (Wildman–Crippen LogP) is 4.30. The van der Waals surface area contributed by atoms with Crippen molar-refractivity contribution in [2.45, 2.75) is 32.8 Å². The average molecular weight is 355 g/mol. The standard InChI is InChI=1S/C18H17N3O3S/c1-11-2-7-14-15(8-11)25-18-16(14)17(19-10-20-18)24-9-12-3-5-13(6-4-12)21(22)23/h3-6,10-11H,2,7-9H2,1H3. The molecule has 0 bridgehead atoms. The maximum atomic E-state index is 10.7. The number of nitro groups is 1. The highest BCUT2D eigenvalue weighted by Crippen LogP contribution is 2.40. The molecule has 128 valence electrons. The summed E-state index contributed by atoms with van der Waals surface area (Å²) in [5.74, 6) is 1.31. The molecule has 1 atom stereocenters. The first-order chi connectivity index (χ1) is 12.1. The number of rotatable bonds is 4. The zero-order valence-electron chi connectivity index (χ0n) is 13.8. The SMILES string of the molecule is CC1CCc2c(sc3ncnc(OCc4ccc([N+](=O)[O-])cc4)c23)C1. The Labute approximate surface area is 148 Å². The summed E-state index contributed by atoms with van der Waals surface area (Å²) in [6, 6.07) is 6.40. The van der Waals surface area contributed by atoms with Gasteiger partial charge in [-0.15, -0.1) is 11.3 Å². The second-order valence-corrected chi connectivity index (χ2v) is 7.51. The van der Waals surface area contributed by atoms with Crippen LogP contribution in [0.2, 0.25) is 0 Å². The van der Waals surface area contributed by atoms with E-state index in [1.165, 1.54) is 29.0 Å². The number of ether oxygens (including phenoxy) is 1. The van der Waals surface area contributed by atoms with Crippen molar-refractivity contribution < 1.29 is 9.66 Å². The van der Waals surface area contributed by atoms with Gasteiger partial charge in [0.05, 0.1) is 10.3 Å². The molecule has 4 rings (SSSR count). The van der Waals surface area contributed by atoms with Gasteiger partial charge in [0.2, 0.25) is 5.88 Å². The van der Waals surface area contributed by atoms with Crippen LogP contribution in [0.1, 0.15) is 29.3 Å². The summed E-state index contributed by atoms with van der Waals surface area (Å²) < 4.78 is 5.94. The number of hydrogen-bond acceptors (Lipinski definition) is 6. The van der Waals surface area contributed by atoms with Crippen molar-refractivity contribution in [1.29, 1.82) is 0 Å². The van der Waals surface area contributed by atoms with Crippen LogP contribution in [0, 0.1) is 16.0 Å². The van der Waals surface area contributed by atoms with Crippen molar-refractivity contribution in [1.82, 2.24) is 9.97 Å². The van der Waals surface area contributed by atoms with Crippen molar-refractivity contribution in [3.63, 3.8) is 0 Å². The molecule has 0 N–H and O–H groups in total. The second-order valence-electron chi connectivity index (χ2n) is 6.42. The number of hydrogen-bond donors (Lipinski definition) is 0. The van der Waals surface area contributed by atoms with Gasteiger partial charge in [0.15, 0.2) is 0 Å². The number of aromatic nitrogens is 2. The lowest BCUT2D eigenvalue weighted by atomic mass is 9.89. The van der Waals surface area contributed by atoms with Crippen molar-refractivity contribution in [3.8, 4) is 5.88 Å². The molecule has 1 unspecified atom stereocenters. The third-order valence-electron chi connectivity index (χ3n) is 4.58. The summed E-state index contributed by atoms with van der Waals surface area (Å²) in [6.45, 7) is 2.61. The molecule has 25 heavy (non-hydrogen) atoms. The number of nitro benzene ring substituents is 1. The van der Waals surface area contributed by atoms with E-state index in [9.17, 15) is 10.1 Å². The summed E-state index contributed by atoms with van der Waals surface area (Å²) in [4.78, 5) is 21.4. The van der Waals surface area contributed by atoms with Crippen LogP contribution >= 0.6 is 11.3 Å². The van der Waals surface area contributed by atoms with Crippen LogP contribution in [0.4, 0.5) is 5.69 Å². The Kier molecular flexibility index (Phi) is 4.09. The highest BCUT2D eigenvalue weighted by atomic mass is 32.1. The Morgan fingerprint density at radius 3 is 2.88 bits per heavy atom. The van der Waals surface area contributed by atoms with Crippen molar-refractivity contribution >= 4 is 27.2 Å². The minimum Gasteiger partial charge on any atom is -0.472 e. The van der Waals surface area contributed by atoms with Gasteiger partial charge in [-0.05, 0) is 48.4 Å². The quantitative estimate of drug-likeness (QED) is 0.515. The van der Waals surface area contributed by atoms with Crippen LogP contribution in [0.25, 0.3) is 10.2 Å². The Balaban J connectivity index is 1.60. The molecule has 7 heteroatoms. The molecular weight excluding hydrogens is 338 g/mol. The summed E-state index contributed by atoms with van der Waals surface area (Å²) in [7, 11) is 0. The van der Waals surface area contributed by atoms with E-state index in [0.29, 0.717) is 18.4 Å². The molecule has 1 aromatic carbocycles. The summed E-state index contributed by atoms with van der Waals surface area (Å²) in [5.41, 5.74) is 2.28. The maximum Gasteiger partial charge on any atom is 0.269 e. The highest BCUT2D eigenvalue weighted by Gasteiger charge is 2.23. The Bertz CT molecular complexity index is 937. The number of nitrogens with zero attached hydrogens (tertiary/aromatic N) is 3. The van der Waals surface area contributed by atoms with Gasteiger partial charge in [0.25, 0.3) is 5.69 Å². The third-order valence-corrected chi connectivity index (χ3v) is 5.74. The van der Waals surface area contributed by atoms with E-state index in [4.69, 9.17) is 4.74 Å². The van der Waals surface area contributed by atoms with Crippen molar-refractivity contribution in [2.24, 2.45) is 5.92 Å². The molecule has 0 amide bonds. The second kappa shape index (κ2) is 6.40. The molecule has 0 radical (unpaired) electrons. The predicted molar refractivity (Wildman–Crippen MR) is 96.0 cm³/mol. The topological polar surface area (TPSA) is 78.2 Å². The van der Waals surface area contributed by atoms with Gasteiger partial charge in [0, 0.05) is 17.0 Å². The zero-order valence-corrected chi connectivity index (χ0v) is 14.6. The molecule has 0 fully saturated rings. The van der Waals surface area contributed by atoms with E-state index in [0.717, 1.165) is 28.6 Å². The molecule has 3 aromatic rings. The summed E-state index contributed by atoms with van der Waals surface area (Å²) in [6.07, 6.45) is 4.85. The first-order valence-electron chi connectivity index (χ1n) is 8.23. The molecule has 2 heterocycles. The molecule has 6 nitrogen and oxygen atoms in total. The van der Waals surface area contributed by atoms with Gasteiger partial charge < -0.3 is 4.74 Å². The van der Waals surface area contributed by atoms with Crippen LogP contribution in [0.5, 0.6) is 5.88 Å². The number of non-ortho nitro benzene ring substituents is 1. The zero-order chi connectivity index (χ0) is 17.4. The van der Waals surface area contributed by atoms with Gasteiger partial charge in [0.1, 0.15) is 17.8 Å². The molecule has 0 spiro atoms. The monoisotopic (exact) mass is 355 g/mol. The van der Waals surface area contributed by atoms with E-state index in [-0.39, 0.29) is 5.69 Å². The summed E-state index contributed by atoms with van der Waals surface area (Å²) >= 11 is 1.74. The number of aryl methyl sites for hydroxylation is 1. The van der Waals surface area contributed by atoms with Gasteiger partial charge in [-0.2, -0.15) is 0 Å². The number of thiophene rings is 1. The fourth-order valence-electron chi connectivity index (χ4n) is 3.22. The van der Waals surface area contributed by atoms with E-state index in [1.807, 2.05) is 0 Å². The molecular formula is C18H17N3O3S. The normalized spacial score (nSPS) is 16.6. The third kappa shape index (κ3) is 3.07. The average Bonchev–Trinajstić information content (AvgIpc) is 2.98. The van der Waals surface area contributed by atoms with Crippen molar-refractivity contribution in [3.05, 3.63) is 56.7 Å². The first-order valence-corrected chi connectivity index (χ1v) is 9.05. The molecule has 0 saturated heterocycles. The largest absolute Gasteiger partial charge is 0.472 e. The molecule has 2 aromatic heterocycles. The van der Waals surface area contributed by atoms with E-state index < -0.39 is 4.92 Å². The van der Waals surface area contributed by atoms with E-state index in [1.54, 1.807) is 29.8 Å². The van der Waals surface area contributed by atoms with Crippen LogP contribution in [-0.4, -0.2) is 14.9 Å². The van der Waals surface area contributed by atoms with Crippen LogP contribution in [0.3, 0.4) is 0 Å². The minimum atomic E-state index is -0.406. The van der Waals surface area contributed by atoms with Crippen LogP contribution < -0.4 is 4.74 Å². The fourth-order valence-corrected chi connectivity index (χ4v) is 4.56. The van der Waals surface area contributed by atoms with E-state index in [2.05, 4.69) is 16.9 Å². The van der Waals surface area contributed by atoms with Crippen LogP contribution in [-0.2, 0) is 19.4 Å². The lowest BCUT2D eigenvalue weighted by Crippen LogP contribution is -2.09. The molecule has 1 aliphatic carbocycles. The molecule has 1 aliphatic rings. The lowest BCUT2D eigenvalue weighted by molar-refractivity contribution is -0.384. The highest BCUT2D eigenvalue weighted by molar-refractivity contribution is 7.18. The molecule has 0 saturated carbocycles. The number of benzene rings is 1. The van der Waals surface area contributed by atoms with Gasteiger partial charge >= 0.3 is 0 Å². The van der Waals surface area contributed by atoms with Crippen molar-refractivity contribution in [2.75, 3.05) is 0 Å². The van der Waals surface area contributed by atoms with Crippen LogP contribution in [0.15, 0.2) is 30.6 Å². The number of fused-ring (bicyclic) bond motifs is 3. The fraction of sp³-hybridized carbons (Fsp3) is 0.333. The smallest absolute Gasteiger partial charge is 0.269 e. The first kappa shape index (κ1) is 16.0. The maximum absolute atomic E-state index is 10.7. The Hall–Kier alpha value is -2.54. The minimum absolute atomic E-state index is 0.0780. The summed E-state index contributed by atoms with van der Waals surface area (Å²) in [5, 5.41) is 11.8. The van der Waals surface area contributed by atoms with Gasteiger partial charge in [-0.25, -0.2) is 9.97 Å². The Morgan fingerprint density at radius 1 is 1.32 bits per heavy atom. The lowest BCUT2D eigenvalue weighted by Gasteiger charge is -2.18. The molecule has 0 aliphatic heterocycles. The Morgan fingerprint density at radius 2 is 2.12 bits per heavy atom. The van der Waals surface area contributed by atoms with Gasteiger partial charge in [-0.1, -0.05) is 6.92 Å². The van der Waals surface area contributed by atoms with E-state index >= 15 is 0 Å². The van der Waals surface area contributed by atoms with Gasteiger partial charge in [-0.3, -0.25) is 10.1 Å².